The zero-order chi connectivity index (χ0) is 11.0. The van der Waals surface area contributed by atoms with E-state index in [2.05, 4.69) is 15.9 Å². The van der Waals surface area contributed by atoms with E-state index in [0.717, 1.165) is 21.1 Å². The van der Waals surface area contributed by atoms with Gasteiger partial charge in [-0.2, -0.15) is 0 Å². The molecule has 2 rings (SSSR count). The highest BCUT2D eigenvalue weighted by Gasteiger charge is 2.17. The largest absolute Gasteiger partial charge is 0.394 e. The van der Waals surface area contributed by atoms with Gasteiger partial charge in [-0.05, 0) is 22.0 Å². The Hall–Kier alpha value is -0.840. The molecule has 15 heavy (non-hydrogen) atoms. The van der Waals surface area contributed by atoms with E-state index >= 15 is 0 Å². The van der Waals surface area contributed by atoms with E-state index in [1.54, 1.807) is 0 Å². The molecule has 0 aliphatic heterocycles. The van der Waals surface area contributed by atoms with E-state index in [1.807, 2.05) is 35.9 Å². The molecule has 4 heteroatoms. The summed E-state index contributed by atoms with van der Waals surface area (Å²) in [5, 5.41) is 10.2. The Morgan fingerprint density at radius 3 is 2.73 bits per heavy atom. The molecule has 1 atom stereocenters. The lowest BCUT2D eigenvalue weighted by Crippen LogP contribution is -2.18. The van der Waals surface area contributed by atoms with E-state index in [1.165, 1.54) is 0 Å². The molecule has 1 aromatic heterocycles. The molecule has 3 nitrogen and oxygen atoms in total. The summed E-state index contributed by atoms with van der Waals surface area (Å²) >= 11 is 3.53. The van der Waals surface area contributed by atoms with Crippen LogP contribution in [0.1, 0.15) is 11.7 Å². The Labute approximate surface area is 96.6 Å². The van der Waals surface area contributed by atoms with Gasteiger partial charge in [0.1, 0.15) is 0 Å². The number of aryl methyl sites for hydroxylation is 1. The number of hydrogen-bond donors (Lipinski definition) is 2. The number of aliphatic hydroxyl groups excluding tert-OH is 1. The molecule has 0 saturated carbocycles. The number of hydrogen-bond acceptors (Lipinski definition) is 2. The van der Waals surface area contributed by atoms with E-state index < -0.39 is 0 Å². The normalized spacial score (nSPS) is 13.3. The molecule has 0 bridgehead atoms. The van der Waals surface area contributed by atoms with Crippen LogP contribution >= 0.6 is 15.9 Å². The van der Waals surface area contributed by atoms with Crippen molar-refractivity contribution in [2.24, 2.45) is 12.8 Å². The van der Waals surface area contributed by atoms with E-state index in [-0.39, 0.29) is 12.6 Å². The van der Waals surface area contributed by atoms with Crippen molar-refractivity contribution in [3.05, 3.63) is 34.4 Å². The second-order valence-electron chi connectivity index (χ2n) is 3.56. The van der Waals surface area contributed by atoms with E-state index in [9.17, 15) is 0 Å². The molecule has 1 heterocycles. The van der Waals surface area contributed by atoms with Gasteiger partial charge in [-0.15, -0.1) is 0 Å². The van der Waals surface area contributed by atoms with Gasteiger partial charge in [-0.25, -0.2) is 0 Å². The number of nitrogens with zero attached hydrogens (tertiary/aromatic N) is 1. The number of halogens is 1. The number of aromatic nitrogens is 1. The van der Waals surface area contributed by atoms with E-state index in [4.69, 9.17) is 10.8 Å². The summed E-state index contributed by atoms with van der Waals surface area (Å²) in [5.74, 6) is 0. The van der Waals surface area contributed by atoms with Crippen molar-refractivity contribution in [2.75, 3.05) is 6.61 Å². The van der Waals surface area contributed by atoms with Crippen LogP contribution in [0.2, 0.25) is 0 Å². The zero-order valence-electron chi connectivity index (χ0n) is 8.44. The van der Waals surface area contributed by atoms with Crippen LogP contribution in [0.25, 0.3) is 10.9 Å². The topological polar surface area (TPSA) is 51.2 Å². The van der Waals surface area contributed by atoms with Crippen LogP contribution in [0.5, 0.6) is 0 Å². The van der Waals surface area contributed by atoms with Gasteiger partial charge >= 0.3 is 0 Å². The summed E-state index contributed by atoms with van der Waals surface area (Å²) in [6, 6.07) is 7.70. The average Bonchev–Trinajstić information content (AvgIpc) is 2.52. The highest BCUT2D eigenvalue weighted by Crippen LogP contribution is 2.32. The molecule has 0 aliphatic carbocycles. The fourth-order valence-electron chi connectivity index (χ4n) is 1.86. The van der Waals surface area contributed by atoms with Gasteiger partial charge in [0, 0.05) is 22.4 Å². The highest BCUT2D eigenvalue weighted by atomic mass is 79.9. The van der Waals surface area contributed by atoms with Crippen LogP contribution in [0.4, 0.5) is 0 Å². The Balaban J connectivity index is 2.75. The summed E-state index contributed by atoms with van der Waals surface area (Å²) in [6.07, 6.45) is 0. The number of para-hydroxylation sites is 1. The van der Waals surface area contributed by atoms with Crippen molar-refractivity contribution in [3.63, 3.8) is 0 Å². The molecule has 3 N–H and O–H groups in total. The quantitative estimate of drug-likeness (QED) is 0.875. The maximum absolute atomic E-state index is 9.10. The molecule has 0 spiro atoms. The lowest BCUT2D eigenvalue weighted by Gasteiger charge is -2.10. The minimum atomic E-state index is -0.350. The summed E-state index contributed by atoms with van der Waals surface area (Å²) in [4.78, 5) is 0. The first-order valence-electron chi connectivity index (χ1n) is 4.76. The predicted octanol–water partition coefficient (Wildman–Crippen LogP) is 1.93. The summed E-state index contributed by atoms with van der Waals surface area (Å²) in [6.45, 7) is -0.0528. The maximum atomic E-state index is 9.10. The Morgan fingerprint density at radius 1 is 1.47 bits per heavy atom. The van der Waals surface area contributed by atoms with Crippen molar-refractivity contribution >= 4 is 26.8 Å². The standard InChI is InChI=1S/C11H13BrN2O/c1-14-9-5-3-2-4-7(9)10(12)11(14)8(13)6-15/h2-5,8,15H,6,13H2,1H3. The summed E-state index contributed by atoms with van der Waals surface area (Å²) in [7, 11) is 1.96. The lowest BCUT2D eigenvalue weighted by atomic mass is 10.2. The van der Waals surface area contributed by atoms with Crippen molar-refractivity contribution in [1.29, 1.82) is 0 Å². The van der Waals surface area contributed by atoms with Gasteiger partial charge in [0.25, 0.3) is 0 Å². The number of benzene rings is 1. The fraction of sp³-hybridized carbons (Fsp3) is 0.273. The van der Waals surface area contributed by atoms with E-state index in [0.29, 0.717) is 0 Å². The molecule has 0 saturated heterocycles. The fourth-order valence-corrected chi connectivity index (χ4v) is 2.76. The third-order valence-electron chi connectivity index (χ3n) is 2.64. The summed E-state index contributed by atoms with van der Waals surface area (Å²) < 4.78 is 2.99. The van der Waals surface area contributed by atoms with Gasteiger partial charge in [0.15, 0.2) is 0 Å². The van der Waals surface area contributed by atoms with Crippen LogP contribution in [-0.2, 0) is 7.05 Å². The monoisotopic (exact) mass is 268 g/mol. The molecule has 80 valence electrons. The van der Waals surface area contributed by atoms with Crippen LogP contribution < -0.4 is 5.73 Å². The lowest BCUT2D eigenvalue weighted by molar-refractivity contribution is 0.264. The van der Waals surface area contributed by atoms with Crippen LogP contribution in [0, 0.1) is 0 Å². The molecule has 0 amide bonds. The Bertz CT molecular complexity index is 454. The molecule has 1 unspecified atom stereocenters. The predicted molar refractivity (Wildman–Crippen MR) is 64.6 cm³/mol. The molecule has 0 radical (unpaired) electrons. The minimum Gasteiger partial charge on any atom is -0.394 e. The van der Waals surface area contributed by atoms with Crippen LogP contribution in [0.15, 0.2) is 28.7 Å². The number of fused-ring (bicyclic) bond motifs is 1. The first-order valence-corrected chi connectivity index (χ1v) is 5.55. The van der Waals surface area contributed by atoms with Crippen molar-refractivity contribution in [1.82, 2.24) is 4.57 Å². The molecule has 1 aromatic carbocycles. The van der Waals surface area contributed by atoms with Gasteiger partial charge in [0.05, 0.1) is 18.3 Å². The summed E-state index contributed by atoms with van der Waals surface area (Å²) in [5.41, 5.74) is 7.90. The second-order valence-corrected chi connectivity index (χ2v) is 4.36. The number of aliphatic hydroxyl groups is 1. The van der Waals surface area contributed by atoms with Crippen molar-refractivity contribution < 1.29 is 5.11 Å². The number of nitrogens with two attached hydrogens (primary N) is 1. The first kappa shape index (κ1) is 10.7. The maximum Gasteiger partial charge on any atom is 0.0696 e. The zero-order valence-corrected chi connectivity index (χ0v) is 10.0. The molecule has 0 aliphatic rings. The third-order valence-corrected chi connectivity index (χ3v) is 3.47. The SMILES string of the molecule is Cn1c(C(N)CO)c(Br)c2ccccc21. The molecular formula is C11H13BrN2O. The third kappa shape index (κ3) is 1.58. The highest BCUT2D eigenvalue weighted by molar-refractivity contribution is 9.10. The van der Waals surface area contributed by atoms with Gasteiger partial charge in [0.2, 0.25) is 0 Å². The van der Waals surface area contributed by atoms with Crippen LogP contribution in [0.3, 0.4) is 0 Å². The average molecular weight is 269 g/mol. The number of rotatable bonds is 2. The molecule has 0 fully saturated rings. The Kier molecular flexibility index (Phi) is 2.82. The second kappa shape index (κ2) is 3.96. The van der Waals surface area contributed by atoms with Gasteiger partial charge in [-0.1, -0.05) is 18.2 Å². The van der Waals surface area contributed by atoms with Crippen LogP contribution in [-0.4, -0.2) is 16.3 Å². The van der Waals surface area contributed by atoms with Gasteiger partial charge in [-0.3, -0.25) is 0 Å². The van der Waals surface area contributed by atoms with Crippen molar-refractivity contribution in [3.8, 4) is 0 Å². The first-order chi connectivity index (χ1) is 7.16. The minimum absolute atomic E-state index is 0.0528. The smallest absolute Gasteiger partial charge is 0.0696 e. The van der Waals surface area contributed by atoms with Crippen molar-refractivity contribution in [2.45, 2.75) is 6.04 Å². The van der Waals surface area contributed by atoms with Gasteiger partial charge < -0.3 is 15.4 Å². The molecular weight excluding hydrogens is 256 g/mol. The Morgan fingerprint density at radius 2 is 2.13 bits per heavy atom. The molecule has 2 aromatic rings.